The Labute approximate surface area is 113 Å². The molecule has 1 aliphatic rings. The van der Waals surface area contributed by atoms with E-state index in [1.165, 1.54) is 0 Å². The van der Waals surface area contributed by atoms with E-state index in [0.29, 0.717) is 16.2 Å². The molecule has 2 N–H and O–H groups in total. The second kappa shape index (κ2) is 5.57. The second-order valence-corrected chi connectivity index (χ2v) is 4.63. The van der Waals surface area contributed by atoms with Crippen LogP contribution in [0.3, 0.4) is 0 Å². The number of amides is 1. The summed E-state index contributed by atoms with van der Waals surface area (Å²) in [6, 6.07) is 6.73. The molecule has 0 fully saturated rings. The van der Waals surface area contributed by atoms with Crippen molar-refractivity contribution in [3.05, 3.63) is 34.7 Å². The van der Waals surface area contributed by atoms with Gasteiger partial charge in [-0.05, 0) is 23.9 Å². The van der Waals surface area contributed by atoms with Gasteiger partial charge in [-0.15, -0.1) is 0 Å². The van der Waals surface area contributed by atoms with Crippen molar-refractivity contribution in [2.45, 2.75) is 0 Å². The minimum atomic E-state index is -1.32. The number of aliphatic imine (C=N–C) groups is 1. The maximum Gasteiger partial charge on any atom is 0.286 e. The van der Waals surface area contributed by atoms with Crippen LogP contribution in [0.5, 0.6) is 5.75 Å². The smallest absolute Gasteiger partial charge is 0.286 e. The van der Waals surface area contributed by atoms with Crippen LogP contribution in [0, 0.1) is 0 Å². The third-order valence-electron chi connectivity index (χ3n) is 2.19. The molecule has 0 aromatic heterocycles. The standard InChI is InChI=1S/C12H10N2O4S/c13-12-14-11(17)9(19-12)5-7-3-1-2-4-8(7)18-6-10(15)16/h1-5H,6H2,(H,15,16)(H2,13,14,17)/p-1/b9-5-. The Hall–Kier alpha value is -2.28. The van der Waals surface area contributed by atoms with Crippen LogP contribution in [0.4, 0.5) is 0 Å². The summed E-state index contributed by atoms with van der Waals surface area (Å²) >= 11 is 1.06. The number of hydrogen-bond acceptors (Lipinski definition) is 6. The average Bonchev–Trinajstić information content (AvgIpc) is 2.67. The Balaban J connectivity index is 2.23. The monoisotopic (exact) mass is 277 g/mol. The number of ether oxygens (including phenoxy) is 1. The van der Waals surface area contributed by atoms with Crippen molar-refractivity contribution >= 4 is 34.9 Å². The Morgan fingerprint density at radius 2 is 2.21 bits per heavy atom. The van der Waals surface area contributed by atoms with Gasteiger partial charge in [0.2, 0.25) is 0 Å². The molecule has 1 amide bonds. The van der Waals surface area contributed by atoms with Crippen LogP contribution >= 0.6 is 11.8 Å². The number of aliphatic carboxylic acids is 1. The average molecular weight is 277 g/mol. The van der Waals surface area contributed by atoms with Gasteiger partial charge in [-0.1, -0.05) is 18.2 Å². The fourth-order valence-corrected chi connectivity index (χ4v) is 2.11. The van der Waals surface area contributed by atoms with Crippen molar-refractivity contribution in [3.63, 3.8) is 0 Å². The molecule has 6 nitrogen and oxygen atoms in total. The first kappa shape index (κ1) is 13.2. The molecule has 0 unspecified atom stereocenters. The number of thioether (sulfide) groups is 1. The summed E-state index contributed by atoms with van der Waals surface area (Å²) in [6.07, 6.45) is 1.56. The molecule has 7 heteroatoms. The third kappa shape index (κ3) is 3.35. The van der Waals surface area contributed by atoms with Gasteiger partial charge in [0.15, 0.2) is 5.17 Å². The molecule has 19 heavy (non-hydrogen) atoms. The van der Waals surface area contributed by atoms with E-state index < -0.39 is 18.5 Å². The number of hydrogen-bond donors (Lipinski definition) is 1. The molecule has 1 heterocycles. The van der Waals surface area contributed by atoms with Crippen LogP contribution in [0.2, 0.25) is 0 Å². The number of para-hydroxylation sites is 1. The lowest BCUT2D eigenvalue weighted by Gasteiger charge is -2.09. The molecule has 0 atom stereocenters. The Bertz CT molecular complexity index is 595. The van der Waals surface area contributed by atoms with E-state index in [9.17, 15) is 14.7 Å². The first-order valence-electron chi connectivity index (χ1n) is 5.26. The number of benzene rings is 1. The summed E-state index contributed by atoms with van der Waals surface area (Å²) in [6.45, 7) is -0.556. The molecule has 0 saturated carbocycles. The van der Waals surface area contributed by atoms with Gasteiger partial charge in [-0.2, -0.15) is 4.99 Å². The Kier molecular flexibility index (Phi) is 3.86. The lowest BCUT2D eigenvalue weighted by molar-refractivity contribution is -0.307. The first-order valence-corrected chi connectivity index (χ1v) is 6.07. The van der Waals surface area contributed by atoms with Gasteiger partial charge in [0.05, 0.1) is 10.9 Å². The maximum absolute atomic E-state index is 11.5. The fraction of sp³-hybridized carbons (Fsp3) is 0.0833. The number of amidine groups is 1. The zero-order chi connectivity index (χ0) is 13.8. The molecular formula is C12H9N2O4S-. The van der Waals surface area contributed by atoms with Crippen molar-refractivity contribution in [1.29, 1.82) is 0 Å². The van der Waals surface area contributed by atoms with E-state index >= 15 is 0 Å². The number of carboxylic acids is 1. The molecular weight excluding hydrogens is 268 g/mol. The van der Waals surface area contributed by atoms with E-state index in [1.54, 1.807) is 30.3 Å². The van der Waals surface area contributed by atoms with Crippen LogP contribution in [-0.2, 0) is 9.59 Å². The summed E-state index contributed by atoms with van der Waals surface area (Å²) in [4.78, 5) is 25.8. The molecule has 0 spiro atoms. The van der Waals surface area contributed by atoms with Gasteiger partial charge in [0.1, 0.15) is 12.4 Å². The summed E-state index contributed by atoms with van der Waals surface area (Å²) in [5.41, 5.74) is 6.01. The van der Waals surface area contributed by atoms with Gasteiger partial charge < -0.3 is 20.4 Å². The molecule has 98 valence electrons. The minimum Gasteiger partial charge on any atom is -0.546 e. The maximum atomic E-state index is 11.5. The van der Waals surface area contributed by atoms with Crippen molar-refractivity contribution in [2.75, 3.05) is 6.61 Å². The Morgan fingerprint density at radius 1 is 1.47 bits per heavy atom. The van der Waals surface area contributed by atoms with Gasteiger partial charge in [-0.25, -0.2) is 0 Å². The molecule has 0 radical (unpaired) electrons. The molecule has 1 aromatic rings. The SMILES string of the molecule is NC1=NC(=O)/C(=C/c2ccccc2OCC(=O)[O-])S1. The van der Waals surface area contributed by atoms with Crippen molar-refractivity contribution in [2.24, 2.45) is 10.7 Å². The van der Waals surface area contributed by atoms with E-state index in [2.05, 4.69) is 4.99 Å². The third-order valence-corrected chi connectivity index (χ3v) is 3.00. The van der Waals surface area contributed by atoms with Gasteiger partial charge in [0.25, 0.3) is 5.91 Å². The van der Waals surface area contributed by atoms with E-state index in [4.69, 9.17) is 10.5 Å². The topological polar surface area (TPSA) is 105 Å². The number of rotatable bonds is 4. The molecule has 0 aliphatic carbocycles. The lowest BCUT2D eigenvalue weighted by Crippen LogP contribution is -2.29. The van der Waals surface area contributed by atoms with Crippen molar-refractivity contribution < 1.29 is 19.4 Å². The first-order chi connectivity index (χ1) is 9.06. The van der Waals surface area contributed by atoms with Gasteiger partial charge >= 0.3 is 0 Å². The van der Waals surface area contributed by atoms with Crippen LogP contribution in [0.15, 0.2) is 34.2 Å². The van der Waals surface area contributed by atoms with Crippen LogP contribution in [0.25, 0.3) is 6.08 Å². The van der Waals surface area contributed by atoms with Gasteiger partial charge in [-0.3, -0.25) is 4.79 Å². The van der Waals surface area contributed by atoms with Crippen LogP contribution in [-0.4, -0.2) is 23.7 Å². The van der Waals surface area contributed by atoms with Crippen molar-refractivity contribution in [1.82, 2.24) is 0 Å². The number of nitrogens with two attached hydrogens (primary N) is 1. The summed E-state index contributed by atoms with van der Waals surface area (Å²) < 4.78 is 5.08. The molecule has 1 aromatic carbocycles. The number of carbonyl (C=O) groups is 2. The second-order valence-electron chi connectivity index (χ2n) is 3.56. The molecule has 0 saturated heterocycles. The number of nitrogens with zero attached hydrogens (tertiary/aromatic N) is 1. The van der Waals surface area contributed by atoms with E-state index in [-0.39, 0.29) is 5.17 Å². The summed E-state index contributed by atoms with van der Waals surface area (Å²) in [5, 5.41) is 10.6. The van der Waals surface area contributed by atoms with Crippen LogP contribution < -0.4 is 15.6 Å². The highest BCUT2D eigenvalue weighted by Gasteiger charge is 2.19. The number of carbonyl (C=O) groups excluding carboxylic acids is 2. The zero-order valence-corrected chi connectivity index (χ0v) is 10.5. The minimum absolute atomic E-state index is 0.185. The quantitative estimate of drug-likeness (QED) is 0.760. The summed E-state index contributed by atoms with van der Waals surface area (Å²) in [5.74, 6) is -1.39. The zero-order valence-electron chi connectivity index (χ0n) is 9.66. The number of carboxylic acid groups (broad SMARTS) is 1. The lowest BCUT2D eigenvalue weighted by atomic mass is 10.2. The predicted octanol–water partition coefficient (Wildman–Crippen LogP) is -0.256. The van der Waals surface area contributed by atoms with Crippen LogP contribution in [0.1, 0.15) is 5.56 Å². The van der Waals surface area contributed by atoms with E-state index in [0.717, 1.165) is 11.8 Å². The fourth-order valence-electron chi connectivity index (χ4n) is 1.43. The normalized spacial score (nSPS) is 16.5. The Morgan fingerprint density at radius 3 is 2.84 bits per heavy atom. The molecule has 2 rings (SSSR count). The highest BCUT2D eigenvalue weighted by atomic mass is 32.2. The van der Waals surface area contributed by atoms with E-state index in [1.807, 2.05) is 0 Å². The highest BCUT2D eigenvalue weighted by molar-refractivity contribution is 8.18. The largest absolute Gasteiger partial charge is 0.546 e. The highest BCUT2D eigenvalue weighted by Crippen LogP contribution is 2.29. The predicted molar refractivity (Wildman–Crippen MR) is 69.1 cm³/mol. The van der Waals surface area contributed by atoms with Crippen molar-refractivity contribution in [3.8, 4) is 5.75 Å². The molecule has 0 bridgehead atoms. The summed E-state index contributed by atoms with van der Waals surface area (Å²) in [7, 11) is 0. The molecule has 1 aliphatic heterocycles. The van der Waals surface area contributed by atoms with Gasteiger partial charge in [0, 0.05) is 5.56 Å².